The van der Waals surface area contributed by atoms with Crippen molar-refractivity contribution in [2.45, 2.75) is 25.8 Å². The molecule has 0 saturated heterocycles. The molecule has 1 unspecified atom stereocenters. The maximum Gasteiger partial charge on any atom is 0.115 e. The predicted octanol–water partition coefficient (Wildman–Crippen LogP) is 1.30. The van der Waals surface area contributed by atoms with E-state index in [1.54, 1.807) is 12.1 Å². The second-order valence-electron chi connectivity index (χ2n) is 3.80. The van der Waals surface area contributed by atoms with E-state index >= 15 is 0 Å². The van der Waals surface area contributed by atoms with E-state index in [9.17, 15) is 0 Å². The first-order valence-electron chi connectivity index (χ1n) is 5.34. The number of benzene rings is 1. The molecule has 0 aliphatic heterocycles. The Morgan fingerprint density at radius 3 is 2.53 bits per heavy atom. The van der Waals surface area contributed by atoms with E-state index < -0.39 is 0 Å². The van der Waals surface area contributed by atoms with Crippen LogP contribution in [0.3, 0.4) is 0 Å². The highest BCUT2D eigenvalue weighted by atomic mass is 16.3. The highest BCUT2D eigenvalue weighted by Crippen LogP contribution is 2.11. The lowest BCUT2D eigenvalue weighted by atomic mass is 10.1. The Balaban J connectivity index is 2.31. The van der Waals surface area contributed by atoms with Gasteiger partial charge in [-0.2, -0.15) is 0 Å². The van der Waals surface area contributed by atoms with Gasteiger partial charge in [-0.05, 0) is 44.0 Å². The first kappa shape index (κ1) is 12.0. The molecule has 0 aliphatic carbocycles. The first-order chi connectivity index (χ1) is 7.22. The molecule has 84 valence electrons. The van der Waals surface area contributed by atoms with E-state index in [-0.39, 0.29) is 6.61 Å². The number of phenols is 1. The molecule has 0 aliphatic rings. The topological polar surface area (TPSA) is 52.5 Å². The maximum atomic E-state index is 9.12. The third kappa shape index (κ3) is 4.81. The SMILES string of the molecule is CC(Cc1ccc(O)cc1)NCCCO. The van der Waals surface area contributed by atoms with Gasteiger partial charge >= 0.3 is 0 Å². The van der Waals surface area contributed by atoms with Crippen LogP contribution in [-0.4, -0.2) is 29.4 Å². The van der Waals surface area contributed by atoms with Crippen LogP contribution in [0.15, 0.2) is 24.3 Å². The Labute approximate surface area is 90.8 Å². The summed E-state index contributed by atoms with van der Waals surface area (Å²) in [4.78, 5) is 0. The average molecular weight is 209 g/mol. The number of aliphatic hydroxyl groups excluding tert-OH is 1. The van der Waals surface area contributed by atoms with Crippen molar-refractivity contribution in [1.29, 1.82) is 0 Å². The minimum atomic E-state index is 0.235. The summed E-state index contributed by atoms with van der Waals surface area (Å²) in [7, 11) is 0. The van der Waals surface area contributed by atoms with Crippen LogP contribution in [0, 0.1) is 0 Å². The Hall–Kier alpha value is -1.06. The molecule has 0 amide bonds. The fraction of sp³-hybridized carbons (Fsp3) is 0.500. The van der Waals surface area contributed by atoms with Crippen molar-refractivity contribution in [2.75, 3.05) is 13.2 Å². The van der Waals surface area contributed by atoms with Crippen LogP contribution in [0.4, 0.5) is 0 Å². The van der Waals surface area contributed by atoms with Crippen molar-refractivity contribution in [3.63, 3.8) is 0 Å². The number of hydrogen-bond acceptors (Lipinski definition) is 3. The summed E-state index contributed by atoms with van der Waals surface area (Å²) in [6.07, 6.45) is 1.73. The highest BCUT2D eigenvalue weighted by Gasteiger charge is 2.02. The van der Waals surface area contributed by atoms with Crippen LogP contribution in [0.25, 0.3) is 0 Å². The molecule has 1 aromatic carbocycles. The number of nitrogens with one attached hydrogen (secondary N) is 1. The molecule has 3 heteroatoms. The van der Waals surface area contributed by atoms with Gasteiger partial charge in [-0.15, -0.1) is 0 Å². The molecule has 0 saturated carbocycles. The highest BCUT2D eigenvalue weighted by molar-refractivity contribution is 5.26. The van der Waals surface area contributed by atoms with E-state index in [0.717, 1.165) is 19.4 Å². The Morgan fingerprint density at radius 1 is 1.27 bits per heavy atom. The predicted molar refractivity (Wildman–Crippen MR) is 61.0 cm³/mol. The smallest absolute Gasteiger partial charge is 0.115 e. The van der Waals surface area contributed by atoms with Crippen LogP contribution in [0.2, 0.25) is 0 Å². The summed E-state index contributed by atoms with van der Waals surface area (Å²) in [6.45, 7) is 3.19. The molecular weight excluding hydrogens is 190 g/mol. The zero-order chi connectivity index (χ0) is 11.1. The van der Waals surface area contributed by atoms with Gasteiger partial charge in [0.05, 0.1) is 0 Å². The monoisotopic (exact) mass is 209 g/mol. The van der Waals surface area contributed by atoms with Crippen molar-refractivity contribution in [1.82, 2.24) is 5.32 Å². The lowest BCUT2D eigenvalue weighted by Gasteiger charge is -2.13. The summed E-state index contributed by atoms with van der Waals surface area (Å²) in [5.74, 6) is 0.305. The van der Waals surface area contributed by atoms with Gasteiger partial charge in [-0.3, -0.25) is 0 Å². The molecule has 0 bridgehead atoms. The number of rotatable bonds is 6. The molecule has 0 radical (unpaired) electrons. The maximum absolute atomic E-state index is 9.12. The summed E-state index contributed by atoms with van der Waals surface area (Å²) in [6, 6.07) is 7.66. The summed E-state index contributed by atoms with van der Waals surface area (Å²) in [5, 5.41) is 21.1. The standard InChI is InChI=1S/C12H19NO2/c1-10(13-7-2-8-14)9-11-3-5-12(15)6-4-11/h3-6,10,13-15H,2,7-9H2,1H3. The van der Waals surface area contributed by atoms with Crippen molar-refractivity contribution < 1.29 is 10.2 Å². The number of hydrogen-bond donors (Lipinski definition) is 3. The number of aliphatic hydroxyl groups is 1. The molecule has 0 fully saturated rings. The van der Waals surface area contributed by atoms with Gasteiger partial charge in [0, 0.05) is 12.6 Å². The number of phenolic OH excluding ortho intramolecular Hbond substituents is 1. The second-order valence-corrected chi connectivity index (χ2v) is 3.80. The molecule has 1 aromatic rings. The third-order valence-electron chi connectivity index (χ3n) is 2.31. The summed E-state index contributed by atoms with van der Waals surface area (Å²) in [5.41, 5.74) is 1.21. The fourth-order valence-electron chi connectivity index (χ4n) is 1.49. The molecule has 15 heavy (non-hydrogen) atoms. The van der Waals surface area contributed by atoms with Crippen LogP contribution in [-0.2, 0) is 6.42 Å². The van der Waals surface area contributed by atoms with Crippen LogP contribution in [0.1, 0.15) is 18.9 Å². The van der Waals surface area contributed by atoms with Crippen LogP contribution < -0.4 is 5.32 Å². The molecule has 3 nitrogen and oxygen atoms in total. The minimum Gasteiger partial charge on any atom is -0.508 e. The second kappa shape index (κ2) is 6.43. The lowest BCUT2D eigenvalue weighted by Crippen LogP contribution is -2.29. The van der Waals surface area contributed by atoms with Crippen molar-refractivity contribution >= 4 is 0 Å². The zero-order valence-corrected chi connectivity index (χ0v) is 9.11. The molecule has 0 aromatic heterocycles. The Bertz CT molecular complexity index is 271. The van der Waals surface area contributed by atoms with E-state index in [0.29, 0.717) is 11.8 Å². The van der Waals surface area contributed by atoms with Gasteiger partial charge in [0.25, 0.3) is 0 Å². The van der Waals surface area contributed by atoms with Crippen LogP contribution in [0.5, 0.6) is 5.75 Å². The lowest BCUT2D eigenvalue weighted by molar-refractivity contribution is 0.283. The van der Waals surface area contributed by atoms with Gasteiger partial charge in [-0.25, -0.2) is 0 Å². The molecule has 0 heterocycles. The van der Waals surface area contributed by atoms with E-state index in [1.807, 2.05) is 12.1 Å². The quantitative estimate of drug-likeness (QED) is 0.619. The summed E-state index contributed by atoms with van der Waals surface area (Å²) < 4.78 is 0. The van der Waals surface area contributed by atoms with Crippen molar-refractivity contribution in [3.8, 4) is 5.75 Å². The van der Waals surface area contributed by atoms with E-state index in [2.05, 4.69) is 12.2 Å². The Kier molecular flexibility index (Phi) is 5.15. The molecule has 0 spiro atoms. The zero-order valence-electron chi connectivity index (χ0n) is 9.11. The molecular formula is C12H19NO2. The van der Waals surface area contributed by atoms with Gasteiger partial charge < -0.3 is 15.5 Å². The average Bonchev–Trinajstić information content (AvgIpc) is 2.22. The normalized spacial score (nSPS) is 12.7. The van der Waals surface area contributed by atoms with Gasteiger partial charge in [0.2, 0.25) is 0 Å². The molecule has 3 N–H and O–H groups in total. The van der Waals surface area contributed by atoms with Crippen molar-refractivity contribution in [2.24, 2.45) is 0 Å². The van der Waals surface area contributed by atoms with Gasteiger partial charge in [0.15, 0.2) is 0 Å². The molecule has 1 rings (SSSR count). The minimum absolute atomic E-state index is 0.235. The Morgan fingerprint density at radius 2 is 1.93 bits per heavy atom. The van der Waals surface area contributed by atoms with Crippen molar-refractivity contribution in [3.05, 3.63) is 29.8 Å². The van der Waals surface area contributed by atoms with E-state index in [4.69, 9.17) is 10.2 Å². The third-order valence-corrected chi connectivity index (χ3v) is 2.31. The van der Waals surface area contributed by atoms with E-state index in [1.165, 1.54) is 5.56 Å². The van der Waals surface area contributed by atoms with Gasteiger partial charge in [0.1, 0.15) is 5.75 Å². The number of aromatic hydroxyl groups is 1. The fourth-order valence-corrected chi connectivity index (χ4v) is 1.49. The first-order valence-corrected chi connectivity index (χ1v) is 5.34. The van der Waals surface area contributed by atoms with Crippen LogP contribution >= 0.6 is 0 Å². The largest absolute Gasteiger partial charge is 0.508 e. The summed E-state index contributed by atoms with van der Waals surface area (Å²) >= 11 is 0. The molecule has 1 atom stereocenters. The van der Waals surface area contributed by atoms with Gasteiger partial charge in [-0.1, -0.05) is 12.1 Å².